The Morgan fingerprint density at radius 2 is 2.00 bits per heavy atom. The lowest BCUT2D eigenvalue weighted by atomic mass is 9.70. The minimum absolute atomic E-state index is 0.0235. The summed E-state index contributed by atoms with van der Waals surface area (Å²) >= 11 is 0. The van der Waals surface area contributed by atoms with Gasteiger partial charge < -0.3 is 20.3 Å². The summed E-state index contributed by atoms with van der Waals surface area (Å²) in [5, 5.41) is 9.24. The summed E-state index contributed by atoms with van der Waals surface area (Å²) in [7, 11) is 0. The fourth-order valence-corrected chi connectivity index (χ4v) is 2.77. The Labute approximate surface area is 115 Å². The van der Waals surface area contributed by atoms with E-state index in [1.165, 1.54) is 0 Å². The highest BCUT2D eigenvalue weighted by Gasteiger charge is 2.53. The van der Waals surface area contributed by atoms with Crippen LogP contribution in [0.15, 0.2) is 0 Å². The number of ether oxygens (including phenoxy) is 2. The van der Waals surface area contributed by atoms with Gasteiger partial charge in [0, 0.05) is 6.42 Å². The molecule has 0 aliphatic carbocycles. The number of carboxylic acids is 1. The van der Waals surface area contributed by atoms with E-state index in [1.807, 2.05) is 34.6 Å². The zero-order valence-corrected chi connectivity index (χ0v) is 12.7. The molecule has 0 aromatic rings. The second-order valence-corrected chi connectivity index (χ2v) is 6.84. The van der Waals surface area contributed by atoms with Gasteiger partial charge in [0.2, 0.25) is 0 Å². The Kier molecular flexibility index (Phi) is 4.65. The van der Waals surface area contributed by atoms with Gasteiger partial charge in [-0.3, -0.25) is 4.79 Å². The third-order valence-corrected chi connectivity index (χ3v) is 3.74. The molecule has 0 bridgehead atoms. The Morgan fingerprint density at radius 3 is 2.42 bits per heavy atom. The molecule has 5 heteroatoms. The number of aliphatic carboxylic acids is 1. The molecule has 0 amide bonds. The van der Waals surface area contributed by atoms with Crippen LogP contribution in [-0.4, -0.2) is 35.1 Å². The van der Waals surface area contributed by atoms with E-state index >= 15 is 0 Å². The van der Waals surface area contributed by atoms with Crippen LogP contribution in [0.1, 0.15) is 53.9 Å². The van der Waals surface area contributed by atoms with E-state index in [4.69, 9.17) is 15.2 Å². The lowest BCUT2D eigenvalue weighted by Gasteiger charge is -2.54. The van der Waals surface area contributed by atoms with Gasteiger partial charge in [-0.25, -0.2) is 0 Å². The minimum Gasteiger partial charge on any atom is -0.481 e. The Morgan fingerprint density at radius 1 is 1.42 bits per heavy atom. The molecule has 1 saturated heterocycles. The monoisotopic (exact) mass is 273 g/mol. The van der Waals surface area contributed by atoms with E-state index in [2.05, 4.69) is 0 Å². The fourth-order valence-electron chi connectivity index (χ4n) is 2.77. The lowest BCUT2D eigenvalue weighted by molar-refractivity contribution is -0.355. The van der Waals surface area contributed by atoms with Crippen LogP contribution in [0.25, 0.3) is 0 Å². The SMILES string of the molecule is CC1(C)O[C@H](CCN)C[C@@](CC(=O)O)(C(C)(C)C)O1. The van der Waals surface area contributed by atoms with Crippen molar-refractivity contribution in [3.63, 3.8) is 0 Å². The highest BCUT2D eigenvalue weighted by molar-refractivity contribution is 5.68. The van der Waals surface area contributed by atoms with Crippen LogP contribution in [0, 0.1) is 5.41 Å². The number of hydrogen-bond acceptors (Lipinski definition) is 4. The van der Waals surface area contributed by atoms with Gasteiger partial charge in [0.05, 0.1) is 18.1 Å². The molecular weight excluding hydrogens is 246 g/mol. The molecule has 0 aromatic heterocycles. The van der Waals surface area contributed by atoms with Gasteiger partial charge in [-0.05, 0) is 32.2 Å². The summed E-state index contributed by atoms with van der Waals surface area (Å²) in [5.74, 6) is -1.64. The first-order chi connectivity index (χ1) is 8.51. The number of rotatable bonds is 4. The first-order valence-electron chi connectivity index (χ1n) is 6.81. The molecular formula is C14H27NO4. The molecule has 5 nitrogen and oxygen atoms in total. The normalized spacial score (nSPS) is 31.2. The van der Waals surface area contributed by atoms with Crippen molar-refractivity contribution in [1.29, 1.82) is 0 Å². The van der Waals surface area contributed by atoms with Crippen molar-refractivity contribution >= 4 is 5.97 Å². The third-order valence-electron chi connectivity index (χ3n) is 3.74. The van der Waals surface area contributed by atoms with Gasteiger partial charge in [0.15, 0.2) is 5.79 Å². The predicted octanol–water partition coefficient (Wildman–Crippen LogP) is 2.14. The van der Waals surface area contributed by atoms with Gasteiger partial charge in [-0.1, -0.05) is 20.8 Å². The largest absolute Gasteiger partial charge is 0.481 e. The van der Waals surface area contributed by atoms with Crippen molar-refractivity contribution in [3.05, 3.63) is 0 Å². The van der Waals surface area contributed by atoms with Crippen LogP contribution < -0.4 is 5.73 Å². The van der Waals surface area contributed by atoms with Crippen LogP contribution >= 0.6 is 0 Å². The van der Waals surface area contributed by atoms with Gasteiger partial charge in [-0.15, -0.1) is 0 Å². The third kappa shape index (κ3) is 3.91. The zero-order chi connectivity index (χ0) is 14.9. The molecule has 2 atom stereocenters. The van der Waals surface area contributed by atoms with Gasteiger partial charge in [0.25, 0.3) is 0 Å². The molecule has 3 N–H and O–H groups in total. The van der Waals surface area contributed by atoms with E-state index in [-0.39, 0.29) is 17.9 Å². The zero-order valence-electron chi connectivity index (χ0n) is 12.7. The molecule has 1 rings (SSSR count). The standard InChI is InChI=1S/C14H27NO4/c1-12(2,3)14(9-11(16)17)8-10(6-7-15)18-13(4,5)19-14/h10H,6-9,15H2,1-5H3,(H,16,17)/t10-,14-/m1/s1. The van der Waals surface area contributed by atoms with Gasteiger partial charge >= 0.3 is 5.97 Å². The van der Waals surface area contributed by atoms with Crippen molar-refractivity contribution in [3.8, 4) is 0 Å². The molecule has 1 aliphatic rings. The van der Waals surface area contributed by atoms with Gasteiger partial charge in [-0.2, -0.15) is 0 Å². The number of nitrogens with two attached hydrogens (primary N) is 1. The van der Waals surface area contributed by atoms with Crippen LogP contribution in [0.2, 0.25) is 0 Å². The summed E-state index contributed by atoms with van der Waals surface area (Å²) in [6, 6.07) is 0. The highest BCUT2D eigenvalue weighted by Crippen LogP contribution is 2.47. The first-order valence-corrected chi connectivity index (χ1v) is 6.81. The molecule has 0 unspecified atom stereocenters. The van der Waals surface area contributed by atoms with Crippen LogP contribution in [0.4, 0.5) is 0 Å². The summed E-state index contributed by atoms with van der Waals surface area (Å²) in [6.07, 6.45) is 1.19. The second kappa shape index (κ2) is 5.38. The minimum atomic E-state index is -0.848. The second-order valence-electron chi connectivity index (χ2n) is 6.84. The molecule has 0 saturated carbocycles. The average Bonchev–Trinajstić information content (AvgIpc) is 2.11. The topological polar surface area (TPSA) is 81.8 Å². The molecule has 1 heterocycles. The van der Waals surface area contributed by atoms with Crippen molar-refractivity contribution in [1.82, 2.24) is 0 Å². The van der Waals surface area contributed by atoms with E-state index in [0.717, 1.165) is 0 Å². The maximum atomic E-state index is 11.2. The Balaban J connectivity index is 3.10. The number of hydrogen-bond donors (Lipinski definition) is 2. The van der Waals surface area contributed by atoms with Crippen molar-refractivity contribution in [2.75, 3.05) is 6.54 Å². The molecule has 0 radical (unpaired) electrons. The van der Waals surface area contributed by atoms with E-state index in [0.29, 0.717) is 19.4 Å². The summed E-state index contributed by atoms with van der Waals surface area (Å²) in [4.78, 5) is 11.2. The Bertz CT molecular complexity index is 335. The van der Waals surface area contributed by atoms with E-state index < -0.39 is 17.4 Å². The molecule has 19 heavy (non-hydrogen) atoms. The molecule has 0 spiro atoms. The lowest BCUT2D eigenvalue weighted by Crippen LogP contribution is -2.59. The summed E-state index contributed by atoms with van der Waals surface area (Å²) in [5.41, 5.74) is 4.58. The average molecular weight is 273 g/mol. The quantitative estimate of drug-likeness (QED) is 0.820. The highest BCUT2D eigenvalue weighted by atomic mass is 16.7. The van der Waals surface area contributed by atoms with Crippen LogP contribution in [0.3, 0.4) is 0 Å². The van der Waals surface area contributed by atoms with Gasteiger partial charge in [0.1, 0.15) is 0 Å². The first kappa shape index (κ1) is 16.4. The summed E-state index contributed by atoms with van der Waals surface area (Å²) in [6.45, 7) is 10.2. The Hall–Kier alpha value is -0.650. The van der Waals surface area contributed by atoms with Crippen molar-refractivity contribution in [2.24, 2.45) is 11.1 Å². The number of carboxylic acid groups (broad SMARTS) is 1. The maximum absolute atomic E-state index is 11.2. The number of carbonyl (C=O) groups is 1. The summed E-state index contributed by atoms with van der Waals surface area (Å²) < 4.78 is 11.9. The maximum Gasteiger partial charge on any atom is 0.306 e. The van der Waals surface area contributed by atoms with E-state index in [1.54, 1.807) is 0 Å². The molecule has 0 aromatic carbocycles. The van der Waals surface area contributed by atoms with Crippen LogP contribution in [0.5, 0.6) is 0 Å². The predicted molar refractivity (Wildman–Crippen MR) is 72.8 cm³/mol. The van der Waals surface area contributed by atoms with Crippen LogP contribution in [-0.2, 0) is 14.3 Å². The van der Waals surface area contributed by atoms with Crippen molar-refractivity contribution in [2.45, 2.75) is 71.4 Å². The van der Waals surface area contributed by atoms with E-state index in [9.17, 15) is 9.90 Å². The molecule has 1 aliphatic heterocycles. The smallest absolute Gasteiger partial charge is 0.306 e. The molecule has 112 valence electrons. The molecule has 1 fully saturated rings. The fraction of sp³-hybridized carbons (Fsp3) is 0.929. The van der Waals surface area contributed by atoms with Crippen molar-refractivity contribution < 1.29 is 19.4 Å².